The summed E-state index contributed by atoms with van der Waals surface area (Å²) >= 11 is 1.44. The highest BCUT2D eigenvalue weighted by atomic mass is 32.2. The molecule has 1 fully saturated rings. The summed E-state index contributed by atoms with van der Waals surface area (Å²) in [5.41, 5.74) is 2.22. The monoisotopic (exact) mass is 302 g/mol. The molecule has 6 heteroatoms. The molecule has 1 atom stereocenters. The highest BCUT2D eigenvalue weighted by molar-refractivity contribution is 8.00. The van der Waals surface area contributed by atoms with Crippen molar-refractivity contribution in [3.05, 3.63) is 35.7 Å². The van der Waals surface area contributed by atoms with E-state index in [1.54, 1.807) is 6.20 Å². The van der Waals surface area contributed by atoms with Gasteiger partial charge in [-0.05, 0) is 38.8 Å². The SMILES string of the molecule is Cc1c(NC(=O)[C@@H](C)Sc2ccccn2)n[nH]c1C1CC1. The lowest BCUT2D eigenvalue weighted by molar-refractivity contribution is -0.115. The molecule has 0 aromatic carbocycles. The molecule has 110 valence electrons. The molecular weight excluding hydrogens is 284 g/mol. The lowest BCUT2D eigenvalue weighted by atomic mass is 10.2. The summed E-state index contributed by atoms with van der Waals surface area (Å²) in [6.07, 6.45) is 4.15. The van der Waals surface area contributed by atoms with Gasteiger partial charge in [0.25, 0.3) is 0 Å². The van der Waals surface area contributed by atoms with Crippen molar-refractivity contribution in [1.82, 2.24) is 15.2 Å². The lowest BCUT2D eigenvalue weighted by Gasteiger charge is -2.10. The standard InChI is InChI=1S/C15H18N4OS/c1-9-13(11-6-7-11)18-19-14(9)17-15(20)10(2)21-12-5-3-4-8-16-12/h3-5,8,10-11H,6-7H2,1-2H3,(H2,17,18,19,20)/t10-/m1/s1. The van der Waals surface area contributed by atoms with Gasteiger partial charge in [-0.3, -0.25) is 9.89 Å². The van der Waals surface area contributed by atoms with Crippen LogP contribution in [0.15, 0.2) is 29.4 Å². The largest absolute Gasteiger partial charge is 0.308 e. The zero-order chi connectivity index (χ0) is 14.8. The van der Waals surface area contributed by atoms with Gasteiger partial charge in [0.05, 0.1) is 10.3 Å². The normalized spacial score (nSPS) is 15.7. The molecular formula is C15H18N4OS. The van der Waals surface area contributed by atoms with E-state index in [9.17, 15) is 4.79 Å². The number of nitrogens with zero attached hydrogens (tertiary/aromatic N) is 2. The minimum atomic E-state index is -0.222. The van der Waals surface area contributed by atoms with Crippen LogP contribution in [0.25, 0.3) is 0 Å². The van der Waals surface area contributed by atoms with Crippen molar-refractivity contribution in [3.63, 3.8) is 0 Å². The Morgan fingerprint density at radius 2 is 2.29 bits per heavy atom. The molecule has 2 heterocycles. The summed E-state index contributed by atoms with van der Waals surface area (Å²) in [7, 11) is 0. The van der Waals surface area contributed by atoms with Gasteiger partial charge < -0.3 is 5.32 Å². The number of amides is 1. The third-order valence-corrected chi connectivity index (χ3v) is 4.63. The summed E-state index contributed by atoms with van der Waals surface area (Å²) in [6.45, 7) is 3.88. The van der Waals surface area contributed by atoms with Crippen molar-refractivity contribution in [1.29, 1.82) is 0 Å². The Hall–Kier alpha value is -1.82. The van der Waals surface area contributed by atoms with E-state index in [0.29, 0.717) is 11.7 Å². The first-order valence-corrected chi connectivity index (χ1v) is 7.96. The average Bonchev–Trinajstić information content (AvgIpc) is 3.26. The summed E-state index contributed by atoms with van der Waals surface area (Å²) in [5, 5.41) is 10.8. The van der Waals surface area contributed by atoms with Crippen LogP contribution >= 0.6 is 11.8 Å². The van der Waals surface area contributed by atoms with Gasteiger partial charge >= 0.3 is 0 Å². The second-order valence-corrected chi connectivity index (χ2v) is 6.66. The molecule has 2 aromatic rings. The molecule has 1 saturated carbocycles. The number of hydrogen-bond donors (Lipinski definition) is 2. The van der Waals surface area contributed by atoms with Gasteiger partial charge in [-0.1, -0.05) is 17.8 Å². The summed E-state index contributed by atoms with van der Waals surface area (Å²) in [4.78, 5) is 16.5. The summed E-state index contributed by atoms with van der Waals surface area (Å²) < 4.78 is 0. The van der Waals surface area contributed by atoms with Crippen LogP contribution < -0.4 is 5.32 Å². The van der Waals surface area contributed by atoms with Crippen LogP contribution in [0.2, 0.25) is 0 Å². The highest BCUT2D eigenvalue weighted by Crippen LogP contribution is 2.41. The van der Waals surface area contributed by atoms with Gasteiger partial charge in [-0.2, -0.15) is 5.10 Å². The molecule has 0 spiro atoms. The third-order valence-electron chi connectivity index (χ3n) is 3.58. The summed E-state index contributed by atoms with van der Waals surface area (Å²) in [6, 6.07) is 5.68. The zero-order valence-electron chi connectivity index (χ0n) is 12.1. The third kappa shape index (κ3) is 3.26. The second-order valence-electron chi connectivity index (χ2n) is 5.30. The fourth-order valence-electron chi connectivity index (χ4n) is 2.17. The van der Waals surface area contributed by atoms with E-state index in [0.717, 1.165) is 16.3 Å². The van der Waals surface area contributed by atoms with Gasteiger partial charge in [0.15, 0.2) is 5.82 Å². The molecule has 5 nitrogen and oxygen atoms in total. The van der Waals surface area contributed by atoms with Crippen LogP contribution in [0.3, 0.4) is 0 Å². The fraction of sp³-hybridized carbons (Fsp3) is 0.400. The zero-order valence-corrected chi connectivity index (χ0v) is 12.9. The van der Waals surface area contributed by atoms with E-state index in [1.807, 2.05) is 32.0 Å². The number of carbonyl (C=O) groups is 1. The Morgan fingerprint density at radius 3 is 2.95 bits per heavy atom. The van der Waals surface area contributed by atoms with Gasteiger partial charge in [0, 0.05) is 23.4 Å². The molecule has 0 saturated heterocycles. The highest BCUT2D eigenvalue weighted by Gasteiger charge is 2.28. The topological polar surface area (TPSA) is 70.7 Å². The number of hydrogen-bond acceptors (Lipinski definition) is 4. The first-order valence-electron chi connectivity index (χ1n) is 7.08. The van der Waals surface area contributed by atoms with Crippen LogP contribution in [-0.2, 0) is 4.79 Å². The van der Waals surface area contributed by atoms with Crippen LogP contribution in [0.1, 0.15) is 36.9 Å². The number of pyridine rings is 1. The number of anilines is 1. The molecule has 1 amide bonds. The van der Waals surface area contributed by atoms with Gasteiger partial charge in [0.1, 0.15) is 0 Å². The number of aromatic amines is 1. The molecule has 3 rings (SSSR count). The maximum absolute atomic E-state index is 12.3. The maximum atomic E-state index is 12.3. The molecule has 0 bridgehead atoms. The Kier molecular flexibility index (Phi) is 3.96. The van der Waals surface area contributed by atoms with Crippen molar-refractivity contribution in [3.8, 4) is 0 Å². The first kappa shape index (κ1) is 14.1. The molecule has 0 aliphatic heterocycles. The minimum Gasteiger partial charge on any atom is -0.308 e. The Balaban J connectivity index is 1.63. The van der Waals surface area contributed by atoms with Crippen LogP contribution in [0.4, 0.5) is 5.82 Å². The molecule has 21 heavy (non-hydrogen) atoms. The number of carbonyl (C=O) groups excluding carboxylic acids is 1. The Morgan fingerprint density at radius 1 is 1.48 bits per heavy atom. The molecule has 2 N–H and O–H groups in total. The van der Waals surface area contributed by atoms with E-state index in [2.05, 4.69) is 20.5 Å². The van der Waals surface area contributed by atoms with Gasteiger partial charge in [-0.15, -0.1) is 0 Å². The predicted octanol–water partition coefficient (Wildman–Crippen LogP) is 3.11. The first-order chi connectivity index (χ1) is 10.1. The molecule has 0 radical (unpaired) electrons. The fourth-order valence-corrected chi connectivity index (χ4v) is 2.98. The van der Waals surface area contributed by atoms with Crippen molar-refractivity contribution >= 4 is 23.5 Å². The van der Waals surface area contributed by atoms with E-state index in [4.69, 9.17) is 0 Å². The van der Waals surface area contributed by atoms with E-state index < -0.39 is 0 Å². The molecule has 1 aliphatic rings. The molecule has 2 aromatic heterocycles. The average molecular weight is 302 g/mol. The quantitative estimate of drug-likeness (QED) is 0.833. The van der Waals surface area contributed by atoms with E-state index in [1.165, 1.54) is 24.6 Å². The Labute approximate surface area is 127 Å². The second kappa shape index (κ2) is 5.89. The summed E-state index contributed by atoms with van der Waals surface area (Å²) in [5.74, 6) is 1.20. The number of rotatable bonds is 5. The maximum Gasteiger partial charge on any atom is 0.238 e. The Bertz CT molecular complexity index is 636. The van der Waals surface area contributed by atoms with Crippen LogP contribution in [0, 0.1) is 6.92 Å². The smallest absolute Gasteiger partial charge is 0.238 e. The van der Waals surface area contributed by atoms with Crippen molar-refractivity contribution in [2.24, 2.45) is 0 Å². The number of nitrogens with one attached hydrogen (secondary N) is 2. The van der Waals surface area contributed by atoms with Crippen molar-refractivity contribution in [2.45, 2.75) is 42.9 Å². The minimum absolute atomic E-state index is 0.0531. The van der Waals surface area contributed by atoms with Gasteiger partial charge in [-0.25, -0.2) is 4.98 Å². The molecule has 1 aliphatic carbocycles. The number of H-pyrrole nitrogens is 1. The number of aromatic nitrogens is 3. The lowest BCUT2D eigenvalue weighted by Crippen LogP contribution is -2.23. The van der Waals surface area contributed by atoms with E-state index in [-0.39, 0.29) is 11.2 Å². The van der Waals surface area contributed by atoms with Crippen molar-refractivity contribution in [2.75, 3.05) is 5.32 Å². The van der Waals surface area contributed by atoms with Crippen LogP contribution in [-0.4, -0.2) is 26.3 Å². The van der Waals surface area contributed by atoms with Crippen molar-refractivity contribution < 1.29 is 4.79 Å². The number of thioether (sulfide) groups is 1. The van der Waals surface area contributed by atoms with E-state index >= 15 is 0 Å². The van der Waals surface area contributed by atoms with Gasteiger partial charge in [0.2, 0.25) is 5.91 Å². The molecule has 0 unspecified atom stereocenters. The van der Waals surface area contributed by atoms with Crippen LogP contribution in [0.5, 0.6) is 0 Å². The predicted molar refractivity (Wildman–Crippen MR) is 83.5 cm³/mol.